The molecule has 1 aromatic rings. The summed E-state index contributed by atoms with van der Waals surface area (Å²) in [5.74, 6) is -0.444. The lowest BCUT2D eigenvalue weighted by molar-refractivity contribution is -0.126. The second kappa shape index (κ2) is 8.10. The van der Waals surface area contributed by atoms with E-state index in [9.17, 15) is 14.4 Å². The molecule has 0 radical (unpaired) electrons. The molecule has 1 fully saturated rings. The first kappa shape index (κ1) is 17.5. The van der Waals surface area contributed by atoms with Crippen LogP contribution in [0.1, 0.15) is 45.5 Å². The predicted molar refractivity (Wildman–Crippen MR) is 87.6 cm³/mol. The molecule has 0 aromatic carbocycles. The van der Waals surface area contributed by atoms with Crippen LogP contribution in [0.15, 0.2) is 12.1 Å². The lowest BCUT2D eigenvalue weighted by Gasteiger charge is -2.31. The molecule has 0 spiro atoms. The van der Waals surface area contributed by atoms with Crippen molar-refractivity contribution in [2.24, 2.45) is 5.92 Å². The van der Waals surface area contributed by atoms with E-state index >= 15 is 0 Å². The highest BCUT2D eigenvalue weighted by molar-refractivity contribution is 7.15. The fourth-order valence-corrected chi connectivity index (χ4v) is 3.45. The topological polar surface area (TPSA) is 75.7 Å². The summed E-state index contributed by atoms with van der Waals surface area (Å²) in [6, 6.07) is 3.26. The molecular formula is C16H22N2O4S. The standard InChI is InChI=1S/C16H22N2O4S/c1-3-8-17-14(19)11-6-9-18(10-7-11)15(20)12-4-5-13(23-12)16(21)22-2/h4-5,11H,3,6-10H2,1-2H3,(H,17,19). The fraction of sp³-hybridized carbons (Fsp3) is 0.562. The number of thiophene rings is 1. The molecule has 0 atom stereocenters. The molecule has 0 aliphatic carbocycles. The Labute approximate surface area is 139 Å². The molecule has 0 unspecified atom stereocenters. The Morgan fingerprint density at radius 2 is 1.91 bits per heavy atom. The number of likely N-dealkylation sites (tertiary alicyclic amines) is 1. The maximum Gasteiger partial charge on any atom is 0.348 e. The number of piperidine rings is 1. The highest BCUT2D eigenvalue weighted by Gasteiger charge is 2.28. The molecule has 1 saturated heterocycles. The number of carbonyl (C=O) groups is 3. The number of carbonyl (C=O) groups excluding carboxylic acids is 3. The van der Waals surface area contributed by atoms with Crippen molar-refractivity contribution >= 4 is 29.1 Å². The van der Waals surface area contributed by atoms with Crippen molar-refractivity contribution in [3.8, 4) is 0 Å². The summed E-state index contributed by atoms with van der Waals surface area (Å²) in [4.78, 5) is 38.6. The van der Waals surface area contributed by atoms with Crippen LogP contribution in [-0.2, 0) is 9.53 Å². The second-order valence-corrected chi connectivity index (χ2v) is 6.60. The molecule has 2 rings (SSSR count). The van der Waals surface area contributed by atoms with Crippen LogP contribution >= 0.6 is 11.3 Å². The first-order chi connectivity index (χ1) is 11.1. The fourth-order valence-electron chi connectivity index (χ4n) is 2.56. The summed E-state index contributed by atoms with van der Waals surface area (Å²) >= 11 is 1.14. The SMILES string of the molecule is CCCNC(=O)C1CCN(C(=O)c2ccc(C(=O)OC)s2)CC1. The molecule has 1 N–H and O–H groups in total. The van der Waals surface area contributed by atoms with Gasteiger partial charge in [0.15, 0.2) is 0 Å². The summed E-state index contributed by atoms with van der Waals surface area (Å²) in [7, 11) is 1.32. The number of amides is 2. The van der Waals surface area contributed by atoms with E-state index in [1.807, 2.05) is 6.92 Å². The molecule has 0 bridgehead atoms. The van der Waals surface area contributed by atoms with Crippen molar-refractivity contribution in [2.45, 2.75) is 26.2 Å². The number of rotatable bonds is 5. The van der Waals surface area contributed by atoms with Crippen molar-refractivity contribution in [1.29, 1.82) is 0 Å². The van der Waals surface area contributed by atoms with E-state index in [-0.39, 0.29) is 17.7 Å². The third-order valence-electron chi connectivity index (χ3n) is 3.91. The molecule has 1 aliphatic heterocycles. The Bertz CT molecular complexity index is 576. The Morgan fingerprint density at radius 3 is 2.52 bits per heavy atom. The molecule has 2 amide bonds. The van der Waals surface area contributed by atoms with Crippen LogP contribution in [0.2, 0.25) is 0 Å². The summed E-state index contributed by atoms with van der Waals surface area (Å²) in [6.07, 6.45) is 2.27. The molecular weight excluding hydrogens is 316 g/mol. The van der Waals surface area contributed by atoms with Gasteiger partial charge in [0.1, 0.15) is 4.88 Å². The summed E-state index contributed by atoms with van der Waals surface area (Å²) in [5, 5.41) is 2.91. The van der Waals surface area contributed by atoms with Crippen LogP contribution in [0, 0.1) is 5.92 Å². The van der Waals surface area contributed by atoms with E-state index in [4.69, 9.17) is 0 Å². The second-order valence-electron chi connectivity index (χ2n) is 5.51. The van der Waals surface area contributed by atoms with Crippen LogP contribution in [0.4, 0.5) is 0 Å². The lowest BCUT2D eigenvalue weighted by Crippen LogP contribution is -2.43. The minimum absolute atomic E-state index is 0.0143. The van der Waals surface area contributed by atoms with Crippen molar-refractivity contribution in [3.05, 3.63) is 21.9 Å². The maximum atomic E-state index is 12.5. The number of nitrogens with one attached hydrogen (secondary N) is 1. The molecule has 1 aliphatic rings. The average molecular weight is 338 g/mol. The van der Waals surface area contributed by atoms with Crippen molar-refractivity contribution < 1.29 is 19.1 Å². The minimum Gasteiger partial charge on any atom is -0.465 e. The van der Waals surface area contributed by atoms with Gasteiger partial charge in [-0.3, -0.25) is 9.59 Å². The zero-order chi connectivity index (χ0) is 16.8. The number of hydrogen-bond acceptors (Lipinski definition) is 5. The quantitative estimate of drug-likeness (QED) is 0.832. The highest BCUT2D eigenvalue weighted by Crippen LogP contribution is 2.23. The van der Waals surface area contributed by atoms with Gasteiger partial charge in [-0.1, -0.05) is 6.92 Å². The van der Waals surface area contributed by atoms with E-state index in [1.165, 1.54) is 7.11 Å². The number of esters is 1. The van der Waals surface area contributed by atoms with Crippen LogP contribution in [-0.4, -0.2) is 49.4 Å². The number of nitrogens with zero attached hydrogens (tertiary/aromatic N) is 1. The summed E-state index contributed by atoms with van der Waals surface area (Å²) in [6.45, 7) is 3.84. The predicted octanol–water partition coefficient (Wildman–Crippen LogP) is 1.91. The van der Waals surface area contributed by atoms with Gasteiger partial charge < -0.3 is 15.0 Å². The van der Waals surface area contributed by atoms with Crippen LogP contribution in [0.3, 0.4) is 0 Å². The van der Waals surface area contributed by atoms with E-state index < -0.39 is 5.97 Å². The third kappa shape index (κ3) is 4.31. The molecule has 23 heavy (non-hydrogen) atoms. The Balaban J connectivity index is 1.89. The van der Waals surface area contributed by atoms with Crippen LogP contribution in [0.25, 0.3) is 0 Å². The van der Waals surface area contributed by atoms with Crippen LogP contribution in [0.5, 0.6) is 0 Å². The number of ether oxygens (including phenoxy) is 1. The monoisotopic (exact) mass is 338 g/mol. The van der Waals surface area contributed by atoms with E-state index in [0.29, 0.717) is 42.2 Å². The van der Waals surface area contributed by atoms with Gasteiger partial charge in [-0.15, -0.1) is 11.3 Å². The molecule has 126 valence electrons. The third-order valence-corrected chi connectivity index (χ3v) is 4.96. The van der Waals surface area contributed by atoms with Gasteiger partial charge in [0, 0.05) is 25.6 Å². The first-order valence-corrected chi connectivity index (χ1v) is 8.63. The zero-order valence-corrected chi connectivity index (χ0v) is 14.3. The van der Waals surface area contributed by atoms with Gasteiger partial charge in [-0.05, 0) is 31.4 Å². The normalized spacial score (nSPS) is 15.3. The van der Waals surface area contributed by atoms with Crippen molar-refractivity contribution in [1.82, 2.24) is 10.2 Å². The Morgan fingerprint density at radius 1 is 1.26 bits per heavy atom. The molecule has 1 aromatic heterocycles. The molecule has 0 saturated carbocycles. The molecule has 2 heterocycles. The minimum atomic E-state index is -0.430. The smallest absolute Gasteiger partial charge is 0.348 e. The van der Waals surface area contributed by atoms with E-state index in [1.54, 1.807) is 17.0 Å². The number of hydrogen-bond donors (Lipinski definition) is 1. The Hall–Kier alpha value is -1.89. The van der Waals surface area contributed by atoms with Gasteiger partial charge in [-0.25, -0.2) is 4.79 Å². The van der Waals surface area contributed by atoms with Crippen LogP contribution < -0.4 is 5.32 Å². The summed E-state index contributed by atoms with van der Waals surface area (Å²) < 4.78 is 4.65. The molecule has 6 nitrogen and oxygen atoms in total. The van der Waals surface area contributed by atoms with Gasteiger partial charge in [0.2, 0.25) is 5.91 Å². The zero-order valence-electron chi connectivity index (χ0n) is 13.5. The first-order valence-electron chi connectivity index (χ1n) is 7.82. The maximum absolute atomic E-state index is 12.5. The van der Waals surface area contributed by atoms with Gasteiger partial charge >= 0.3 is 5.97 Å². The number of methoxy groups -OCH3 is 1. The van der Waals surface area contributed by atoms with Gasteiger partial charge in [-0.2, -0.15) is 0 Å². The van der Waals surface area contributed by atoms with Crippen molar-refractivity contribution in [2.75, 3.05) is 26.7 Å². The lowest BCUT2D eigenvalue weighted by atomic mass is 9.96. The van der Waals surface area contributed by atoms with Crippen molar-refractivity contribution in [3.63, 3.8) is 0 Å². The summed E-state index contributed by atoms with van der Waals surface area (Å²) in [5.41, 5.74) is 0. The molecule has 7 heteroatoms. The average Bonchev–Trinajstić information content (AvgIpc) is 3.08. The van der Waals surface area contributed by atoms with E-state index in [0.717, 1.165) is 17.8 Å². The largest absolute Gasteiger partial charge is 0.465 e. The highest BCUT2D eigenvalue weighted by atomic mass is 32.1. The van der Waals surface area contributed by atoms with Gasteiger partial charge in [0.05, 0.1) is 12.0 Å². The van der Waals surface area contributed by atoms with Gasteiger partial charge in [0.25, 0.3) is 5.91 Å². The Kier molecular flexibility index (Phi) is 6.15. The van der Waals surface area contributed by atoms with E-state index in [2.05, 4.69) is 10.1 Å².